The molecule has 0 bridgehead atoms. The van der Waals surface area contributed by atoms with Gasteiger partial charge in [-0.25, -0.2) is 14.1 Å². The zero-order chi connectivity index (χ0) is 26.1. The number of carbonyl (C=O) groups excluding carboxylic acids is 2. The van der Waals surface area contributed by atoms with Crippen LogP contribution in [0, 0.1) is 0 Å². The van der Waals surface area contributed by atoms with Crippen molar-refractivity contribution in [1.29, 1.82) is 0 Å². The van der Waals surface area contributed by atoms with Crippen molar-refractivity contribution in [2.45, 2.75) is 38.1 Å². The summed E-state index contributed by atoms with van der Waals surface area (Å²) in [7, 11) is -5.00. The van der Waals surface area contributed by atoms with Crippen LogP contribution in [0.3, 0.4) is 0 Å². The highest BCUT2D eigenvalue weighted by Gasteiger charge is 2.54. The van der Waals surface area contributed by atoms with E-state index in [1.165, 1.54) is 43.6 Å². The van der Waals surface area contributed by atoms with Crippen molar-refractivity contribution < 1.29 is 37.3 Å². The fourth-order valence-corrected chi connectivity index (χ4v) is 4.38. The summed E-state index contributed by atoms with van der Waals surface area (Å²) in [6, 6.07) is 1.28. The number of β-lactam (4-membered cyclic amide) rings is 1. The van der Waals surface area contributed by atoms with Crippen LogP contribution in [-0.4, -0.2) is 73.1 Å². The number of carbonyl (C=O) groups is 3. The minimum absolute atomic E-state index is 0.0524. The van der Waals surface area contributed by atoms with E-state index in [4.69, 9.17) is 10.6 Å². The van der Waals surface area contributed by atoms with E-state index in [0.29, 0.717) is 0 Å². The maximum absolute atomic E-state index is 13.0. The topological polar surface area (TPSA) is 224 Å². The molecule has 2 amide bonds. The first-order valence-corrected chi connectivity index (χ1v) is 12.0. The van der Waals surface area contributed by atoms with Crippen LogP contribution in [0.2, 0.25) is 0 Å². The maximum atomic E-state index is 13.0. The number of nitrogens with two attached hydrogens (primary N) is 1. The lowest BCUT2D eigenvalue weighted by molar-refractivity contribution is -0.161. The lowest BCUT2D eigenvalue weighted by Crippen LogP contribution is -2.73. The van der Waals surface area contributed by atoms with Gasteiger partial charge in [-0.2, -0.15) is 8.42 Å². The van der Waals surface area contributed by atoms with Crippen LogP contribution in [0.15, 0.2) is 39.7 Å². The number of carboxylic acid groups (broad SMARTS) is 1. The summed E-state index contributed by atoms with van der Waals surface area (Å²) in [6.45, 7) is 1.97. The Labute approximate surface area is 201 Å². The molecule has 188 valence electrons. The predicted molar refractivity (Wildman–Crippen MR) is 121 cm³/mol. The summed E-state index contributed by atoms with van der Waals surface area (Å²) < 4.78 is 34.1. The van der Waals surface area contributed by atoms with Crippen LogP contribution in [0.4, 0.5) is 5.13 Å². The number of carboxylic acids is 1. The molecule has 1 saturated heterocycles. The van der Waals surface area contributed by atoms with Crippen LogP contribution >= 0.6 is 11.3 Å². The number of pyridine rings is 1. The molecule has 1 fully saturated rings. The van der Waals surface area contributed by atoms with Crippen molar-refractivity contribution in [1.82, 2.24) is 19.2 Å². The number of nitrogens with one attached hydrogen (secondary N) is 1. The molecule has 1 aliphatic rings. The lowest BCUT2D eigenvalue weighted by atomic mass is 9.98. The quantitative estimate of drug-likeness (QED) is 0.129. The second-order valence-electron chi connectivity index (χ2n) is 7.74. The Morgan fingerprint density at radius 1 is 1.34 bits per heavy atom. The normalized spacial score (nSPS) is 18.7. The first-order chi connectivity index (χ1) is 16.2. The van der Waals surface area contributed by atoms with Gasteiger partial charge in [0.25, 0.3) is 17.4 Å². The van der Waals surface area contributed by atoms with E-state index in [9.17, 15) is 37.3 Å². The van der Waals surface area contributed by atoms with Gasteiger partial charge in [-0.15, -0.1) is 11.3 Å². The number of oxime groups is 1. The number of rotatable bonds is 9. The second-order valence-corrected chi connectivity index (χ2v) is 9.92. The Hall–Kier alpha value is -3.83. The molecule has 0 saturated carbocycles. The minimum Gasteiger partial charge on any atom is -0.478 e. The van der Waals surface area contributed by atoms with Gasteiger partial charge in [0.15, 0.2) is 10.8 Å². The highest BCUT2D eigenvalue weighted by Crippen LogP contribution is 2.25. The number of aromatic nitrogens is 2. The zero-order valence-corrected chi connectivity index (χ0v) is 19.8. The molecule has 2 aromatic heterocycles. The van der Waals surface area contributed by atoms with Crippen molar-refractivity contribution in [3.05, 3.63) is 45.8 Å². The van der Waals surface area contributed by atoms with Gasteiger partial charge in [0.2, 0.25) is 5.60 Å². The van der Waals surface area contributed by atoms with E-state index in [-0.39, 0.29) is 21.7 Å². The molecule has 3 rings (SSSR count). The highest BCUT2D eigenvalue weighted by molar-refractivity contribution is 7.84. The van der Waals surface area contributed by atoms with Crippen molar-refractivity contribution in [3.8, 4) is 0 Å². The first kappa shape index (κ1) is 25.8. The number of amides is 2. The second kappa shape index (κ2) is 9.43. The fraction of sp³-hybridized carbons (Fsp3) is 0.333. The molecule has 2 aromatic rings. The Bertz CT molecular complexity index is 1360. The standard InChI is InChI=1S/C18H20N6O9S2/c1-18(2,16(28)29)33-22-12(9-8-34-17(19)20-9)14(26)21-13-10(24(15(13)27)35(30,31)32)7-23-6-4-3-5-11(23)25/h3-6,8,10,13H,7H2,1-2H3,(H2,19,20)(H,21,26)(H,28,29)(H,30,31,32)/b22-12-/t10-,13+/m1/s1. The van der Waals surface area contributed by atoms with Crippen LogP contribution in [-0.2, 0) is 36.1 Å². The van der Waals surface area contributed by atoms with E-state index < -0.39 is 57.0 Å². The van der Waals surface area contributed by atoms with E-state index in [1.54, 1.807) is 0 Å². The average molecular weight is 529 g/mol. The molecule has 17 heteroatoms. The molecule has 3 heterocycles. The third-order valence-corrected chi connectivity index (χ3v) is 6.47. The van der Waals surface area contributed by atoms with E-state index in [2.05, 4.69) is 15.5 Å². The van der Waals surface area contributed by atoms with E-state index >= 15 is 0 Å². The smallest absolute Gasteiger partial charge is 0.362 e. The van der Waals surface area contributed by atoms with Crippen molar-refractivity contribution >= 4 is 50.3 Å². The van der Waals surface area contributed by atoms with Gasteiger partial charge >= 0.3 is 16.3 Å². The fourth-order valence-electron chi connectivity index (χ4n) is 2.96. The number of nitrogen functional groups attached to an aromatic ring is 1. The zero-order valence-electron chi connectivity index (χ0n) is 18.2. The highest BCUT2D eigenvalue weighted by atomic mass is 32.2. The average Bonchev–Trinajstić information content (AvgIpc) is 3.17. The molecule has 0 spiro atoms. The number of aliphatic carboxylic acids is 1. The monoisotopic (exact) mass is 528 g/mol. The molecule has 15 nitrogen and oxygen atoms in total. The van der Waals surface area contributed by atoms with Crippen molar-refractivity contribution in [2.24, 2.45) is 5.16 Å². The van der Waals surface area contributed by atoms with E-state index in [0.717, 1.165) is 15.9 Å². The van der Waals surface area contributed by atoms with Crippen LogP contribution in [0.1, 0.15) is 19.5 Å². The lowest BCUT2D eigenvalue weighted by Gasteiger charge is -2.44. The molecule has 0 radical (unpaired) electrons. The summed E-state index contributed by atoms with van der Waals surface area (Å²) >= 11 is 0.945. The SMILES string of the molecule is CC(C)(O/N=C(\C(=O)N[C@@H]1C(=O)N(S(=O)(=O)O)[C@@H]1Cn1ccccc1=O)c1csc(N)n1)C(=O)O. The van der Waals surface area contributed by atoms with Crippen LogP contribution < -0.4 is 16.6 Å². The van der Waals surface area contributed by atoms with Crippen LogP contribution in [0.5, 0.6) is 0 Å². The Morgan fingerprint density at radius 3 is 2.57 bits per heavy atom. The summed E-state index contributed by atoms with van der Waals surface area (Å²) in [4.78, 5) is 57.8. The van der Waals surface area contributed by atoms with E-state index in [1.807, 2.05) is 0 Å². The maximum Gasteiger partial charge on any atom is 0.362 e. The van der Waals surface area contributed by atoms with Gasteiger partial charge in [-0.3, -0.25) is 18.9 Å². The molecular weight excluding hydrogens is 508 g/mol. The van der Waals surface area contributed by atoms with Gasteiger partial charge in [0, 0.05) is 24.2 Å². The van der Waals surface area contributed by atoms with Gasteiger partial charge in [0.05, 0.1) is 6.04 Å². The van der Waals surface area contributed by atoms with Crippen LogP contribution in [0.25, 0.3) is 0 Å². The van der Waals surface area contributed by atoms with Crippen molar-refractivity contribution in [3.63, 3.8) is 0 Å². The van der Waals surface area contributed by atoms with Gasteiger partial charge in [-0.05, 0) is 19.9 Å². The molecule has 0 aromatic carbocycles. The third kappa shape index (κ3) is 5.47. The number of anilines is 1. The number of thiazole rings is 1. The minimum atomic E-state index is -5.00. The number of nitrogens with zero attached hydrogens (tertiary/aromatic N) is 4. The molecule has 0 aliphatic carbocycles. The summed E-state index contributed by atoms with van der Waals surface area (Å²) in [5.41, 5.74) is 2.60. The number of hydrogen-bond acceptors (Lipinski definition) is 11. The third-order valence-electron chi connectivity index (χ3n) is 4.85. The molecule has 5 N–H and O–H groups in total. The molecule has 0 unspecified atom stereocenters. The summed E-state index contributed by atoms with van der Waals surface area (Å²) in [6.07, 6.45) is 1.33. The molecule has 35 heavy (non-hydrogen) atoms. The largest absolute Gasteiger partial charge is 0.478 e. The first-order valence-electron chi connectivity index (χ1n) is 9.70. The van der Waals surface area contributed by atoms with Gasteiger partial charge < -0.3 is 25.6 Å². The van der Waals surface area contributed by atoms with Crippen molar-refractivity contribution in [2.75, 3.05) is 5.73 Å². The Balaban J connectivity index is 1.92. The molecular formula is C18H20N6O9S2. The predicted octanol–water partition coefficient (Wildman–Crippen LogP) is -1.33. The summed E-state index contributed by atoms with van der Waals surface area (Å²) in [5, 5.41) is 16.5. The summed E-state index contributed by atoms with van der Waals surface area (Å²) in [5.74, 6) is -3.63. The Kier molecular flexibility index (Phi) is 6.95. The van der Waals surface area contributed by atoms with Gasteiger partial charge in [0.1, 0.15) is 11.7 Å². The number of hydrogen-bond donors (Lipinski definition) is 4. The Morgan fingerprint density at radius 2 is 2.03 bits per heavy atom. The molecule has 2 atom stereocenters. The van der Waals surface area contributed by atoms with Gasteiger partial charge in [-0.1, -0.05) is 11.2 Å². The molecule has 1 aliphatic heterocycles.